The van der Waals surface area contributed by atoms with Gasteiger partial charge >= 0.3 is 0 Å². The van der Waals surface area contributed by atoms with Crippen molar-refractivity contribution in [3.8, 4) is 0 Å². The molecule has 1 aliphatic heterocycles. The summed E-state index contributed by atoms with van der Waals surface area (Å²) in [6.45, 7) is 4.37. The van der Waals surface area contributed by atoms with Gasteiger partial charge in [-0.1, -0.05) is 12.2 Å². The highest BCUT2D eigenvalue weighted by molar-refractivity contribution is 5.33. The number of rotatable bonds is 1. The van der Waals surface area contributed by atoms with Crippen LogP contribution in [0.15, 0.2) is 23.4 Å². The molecule has 1 N–H and O–H groups in total. The number of hydrogen-bond acceptors (Lipinski definition) is 1. The van der Waals surface area contributed by atoms with Gasteiger partial charge in [0.05, 0.1) is 0 Å². The minimum atomic E-state index is 0.525. The summed E-state index contributed by atoms with van der Waals surface area (Å²) < 4.78 is 0. The van der Waals surface area contributed by atoms with Crippen LogP contribution in [-0.4, -0.2) is 6.04 Å². The van der Waals surface area contributed by atoms with Gasteiger partial charge in [0.1, 0.15) is 0 Å². The van der Waals surface area contributed by atoms with Crippen molar-refractivity contribution >= 4 is 0 Å². The van der Waals surface area contributed by atoms with Gasteiger partial charge < -0.3 is 5.32 Å². The van der Waals surface area contributed by atoms with Crippen LogP contribution in [0.3, 0.4) is 0 Å². The van der Waals surface area contributed by atoms with Crippen molar-refractivity contribution in [2.45, 2.75) is 32.7 Å². The number of hydrogen-bond donors (Lipinski definition) is 1. The maximum atomic E-state index is 3.44. The zero-order valence-corrected chi connectivity index (χ0v) is 7.22. The number of dihydropyridines is 1. The lowest BCUT2D eigenvalue weighted by Gasteiger charge is -2.19. The normalized spacial score (nSPS) is 30.5. The van der Waals surface area contributed by atoms with Gasteiger partial charge in [-0.2, -0.15) is 0 Å². The summed E-state index contributed by atoms with van der Waals surface area (Å²) in [5.74, 6) is 0.881. The fourth-order valence-electron chi connectivity index (χ4n) is 1.68. The maximum Gasteiger partial charge on any atom is 0.0416 e. The molecule has 11 heavy (non-hydrogen) atoms. The first-order chi connectivity index (χ1) is 5.27. The molecule has 1 unspecified atom stereocenters. The largest absolute Gasteiger partial charge is 0.382 e. The zero-order valence-electron chi connectivity index (χ0n) is 7.22. The van der Waals surface area contributed by atoms with Gasteiger partial charge in [0.15, 0.2) is 0 Å². The minimum absolute atomic E-state index is 0.525. The minimum Gasteiger partial charge on any atom is -0.382 e. The first kappa shape index (κ1) is 6.96. The molecule has 0 bridgehead atoms. The molecule has 0 aromatic heterocycles. The van der Waals surface area contributed by atoms with Crippen molar-refractivity contribution in [2.24, 2.45) is 5.92 Å². The molecule has 1 atom stereocenters. The second kappa shape index (κ2) is 2.40. The molecule has 1 nitrogen and oxygen atoms in total. The van der Waals surface area contributed by atoms with Crippen LogP contribution in [0.1, 0.15) is 26.7 Å². The molecule has 1 saturated carbocycles. The van der Waals surface area contributed by atoms with E-state index in [2.05, 4.69) is 31.3 Å². The quantitative estimate of drug-likeness (QED) is 0.602. The molecule has 1 fully saturated rings. The third-order valence-corrected chi connectivity index (χ3v) is 2.46. The first-order valence-electron chi connectivity index (χ1n) is 4.43. The average Bonchev–Trinajstić information content (AvgIpc) is 2.70. The summed E-state index contributed by atoms with van der Waals surface area (Å²) in [4.78, 5) is 0. The number of allylic oxidation sites excluding steroid dienone is 3. The SMILES string of the molecule is CC1=C(C2CC2)C=CC(C)N1. The molecule has 0 aromatic carbocycles. The van der Waals surface area contributed by atoms with Crippen LogP contribution >= 0.6 is 0 Å². The highest BCUT2D eigenvalue weighted by atomic mass is 14.9. The third kappa shape index (κ3) is 1.32. The van der Waals surface area contributed by atoms with Gasteiger partial charge in [0.25, 0.3) is 0 Å². The van der Waals surface area contributed by atoms with Gasteiger partial charge in [-0.3, -0.25) is 0 Å². The van der Waals surface area contributed by atoms with E-state index in [1.54, 1.807) is 5.57 Å². The Morgan fingerprint density at radius 1 is 1.45 bits per heavy atom. The molecule has 0 radical (unpaired) electrons. The monoisotopic (exact) mass is 149 g/mol. The third-order valence-electron chi connectivity index (χ3n) is 2.46. The van der Waals surface area contributed by atoms with E-state index in [0.29, 0.717) is 6.04 Å². The molecule has 0 aromatic rings. The molecular formula is C10H15N. The smallest absolute Gasteiger partial charge is 0.0416 e. The fourth-order valence-corrected chi connectivity index (χ4v) is 1.68. The van der Waals surface area contributed by atoms with Crippen LogP contribution < -0.4 is 5.32 Å². The van der Waals surface area contributed by atoms with Gasteiger partial charge in [0, 0.05) is 11.7 Å². The Hall–Kier alpha value is -0.720. The molecule has 2 aliphatic rings. The molecule has 60 valence electrons. The lowest BCUT2D eigenvalue weighted by Crippen LogP contribution is -2.26. The van der Waals surface area contributed by atoms with Crippen LogP contribution in [0.4, 0.5) is 0 Å². The molecule has 0 amide bonds. The van der Waals surface area contributed by atoms with Crippen LogP contribution in [0.2, 0.25) is 0 Å². The van der Waals surface area contributed by atoms with Crippen molar-refractivity contribution in [1.29, 1.82) is 0 Å². The van der Waals surface area contributed by atoms with E-state index in [1.165, 1.54) is 18.5 Å². The second-order valence-electron chi connectivity index (χ2n) is 3.65. The molecule has 0 spiro atoms. The van der Waals surface area contributed by atoms with Crippen molar-refractivity contribution < 1.29 is 0 Å². The Morgan fingerprint density at radius 2 is 2.18 bits per heavy atom. The van der Waals surface area contributed by atoms with Gasteiger partial charge in [-0.15, -0.1) is 0 Å². The maximum absolute atomic E-state index is 3.44. The molecule has 1 aliphatic carbocycles. The summed E-state index contributed by atoms with van der Waals surface area (Å²) in [5, 5.41) is 3.44. The first-order valence-corrected chi connectivity index (χ1v) is 4.43. The number of nitrogens with one attached hydrogen (secondary N) is 1. The van der Waals surface area contributed by atoms with Crippen LogP contribution in [0, 0.1) is 5.92 Å². The lowest BCUT2D eigenvalue weighted by atomic mass is 10.0. The van der Waals surface area contributed by atoms with Crippen molar-refractivity contribution in [3.63, 3.8) is 0 Å². The standard InChI is InChI=1S/C10H15N/c1-7-3-6-10(8(2)11-7)9-4-5-9/h3,6-7,9,11H,4-5H2,1-2H3. The summed E-state index contributed by atoms with van der Waals surface area (Å²) in [6, 6.07) is 0.525. The Kier molecular flexibility index (Phi) is 1.52. The lowest BCUT2D eigenvalue weighted by molar-refractivity contribution is 0.697. The predicted octanol–water partition coefficient (Wildman–Crippen LogP) is 2.22. The molecule has 1 heteroatoms. The highest BCUT2D eigenvalue weighted by Gasteiger charge is 2.27. The van der Waals surface area contributed by atoms with E-state index in [0.717, 1.165) is 5.92 Å². The van der Waals surface area contributed by atoms with Crippen molar-refractivity contribution in [2.75, 3.05) is 0 Å². The van der Waals surface area contributed by atoms with Crippen molar-refractivity contribution in [3.05, 3.63) is 23.4 Å². The van der Waals surface area contributed by atoms with Crippen molar-refractivity contribution in [1.82, 2.24) is 5.32 Å². The van der Waals surface area contributed by atoms with E-state index in [-0.39, 0.29) is 0 Å². The van der Waals surface area contributed by atoms with Gasteiger partial charge in [0.2, 0.25) is 0 Å². The molecule has 0 saturated heterocycles. The van der Waals surface area contributed by atoms with Gasteiger partial charge in [-0.25, -0.2) is 0 Å². The Bertz CT molecular complexity index is 221. The predicted molar refractivity (Wildman–Crippen MR) is 47.2 cm³/mol. The van der Waals surface area contributed by atoms with E-state index < -0.39 is 0 Å². The Balaban J connectivity index is 2.17. The summed E-state index contributed by atoms with van der Waals surface area (Å²) >= 11 is 0. The summed E-state index contributed by atoms with van der Waals surface area (Å²) in [7, 11) is 0. The van der Waals surface area contributed by atoms with E-state index >= 15 is 0 Å². The van der Waals surface area contributed by atoms with E-state index in [9.17, 15) is 0 Å². The van der Waals surface area contributed by atoms with Crippen LogP contribution in [-0.2, 0) is 0 Å². The average molecular weight is 149 g/mol. The van der Waals surface area contributed by atoms with E-state index in [1.807, 2.05) is 0 Å². The van der Waals surface area contributed by atoms with Crippen LogP contribution in [0.5, 0.6) is 0 Å². The van der Waals surface area contributed by atoms with Crippen LogP contribution in [0.25, 0.3) is 0 Å². The zero-order chi connectivity index (χ0) is 7.84. The fraction of sp³-hybridized carbons (Fsp3) is 0.600. The molecule has 1 heterocycles. The second-order valence-corrected chi connectivity index (χ2v) is 3.65. The molecular weight excluding hydrogens is 134 g/mol. The van der Waals surface area contributed by atoms with E-state index in [4.69, 9.17) is 0 Å². The summed E-state index contributed by atoms with van der Waals surface area (Å²) in [5.41, 5.74) is 2.94. The van der Waals surface area contributed by atoms with Gasteiger partial charge in [-0.05, 0) is 38.2 Å². The summed E-state index contributed by atoms with van der Waals surface area (Å²) in [6.07, 6.45) is 7.34. The Morgan fingerprint density at radius 3 is 2.73 bits per heavy atom. The highest BCUT2D eigenvalue weighted by Crippen LogP contribution is 2.39. The Labute approximate surface area is 68.2 Å². The topological polar surface area (TPSA) is 12.0 Å². The molecule has 2 rings (SSSR count).